The van der Waals surface area contributed by atoms with Crippen LogP contribution >= 0.6 is 23.2 Å². The first kappa shape index (κ1) is 13.7. The molecule has 17 heavy (non-hydrogen) atoms. The summed E-state index contributed by atoms with van der Waals surface area (Å²) in [4.78, 5) is 12.3. The summed E-state index contributed by atoms with van der Waals surface area (Å²) in [5.41, 5.74) is 0.763. The molecule has 0 unspecified atom stereocenters. The van der Waals surface area contributed by atoms with Gasteiger partial charge in [-0.05, 0) is 18.2 Å². The number of carboxylic acid groups (broad SMARTS) is 1. The van der Waals surface area contributed by atoms with Crippen LogP contribution < -0.4 is 4.90 Å². The van der Waals surface area contributed by atoms with Crippen molar-refractivity contribution in [3.63, 3.8) is 0 Å². The second-order valence-electron chi connectivity index (χ2n) is 3.37. The van der Waals surface area contributed by atoms with Crippen LogP contribution in [0.5, 0.6) is 0 Å². The van der Waals surface area contributed by atoms with Crippen LogP contribution in [0, 0.1) is 12.3 Å². The van der Waals surface area contributed by atoms with Gasteiger partial charge < -0.3 is 10.0 Å². The maximum absolute atomic E-state index is 10.5. The Balaban J connectivity index is 2.85. The third kappa shape index (κ3) is 4.18. The van der Waals surface area contributed by atoms with Crippen LogP contribution in [0.15, 0.2) is 18.2 Å². The van der Waals surface area contributed by atoms with E-state index in [0.29, 0.717) is 23.1 Å². The molecule has 0 aliphatic rings. The molecule has 0 amide bonds. The summed E-state index contributed by atoms with van der Waals surface area (Å²) in [6.07, 6.45) is 5.26. The summed E-state index contributed by atoms with van der Waals surface area (Å²) in [7, 11) is 0. The molecule has 1 N–H and O–H groups in total. The SMILES string of the molecule is C#CCN(CCC(=O)O)c1ccc(Cl)c(Cl)c1. The average Bonchev–Trinajstić information content (AvgIpc) is 2.28. The fourth-order valence-electron chi connectivity index (χ4n) is 1.32. The average molecular weight is 272 g/mol. The van der Waals surface area contributed by atoms with Crippen molar-refractivity contribution in [2.75, 3.05) is 18.0 Å². The Hall–Kier alpha value is -1.37. The molecule has 5 heteroatoms. The van der Waals surface area contributed by atoms with Crippen molar-refractivity contribution in [1.82, 2.24) is 0 Å². The second kappa shape index (κ2) is 6.39. The fourth-order valence-corrected chi connectivity index (χ4v) is 1.61. The smallest absolute Gasteiger partial charge is 0.305 e. The van der Waals surface area contributed by atoms with Gasteiger partial charge in [0.25, 0.3) is 0 Å². The first-order chi connectivity index (χ1) is 8.04. The first-order valence-corrected chi connectivity index (χ1v) is 5.65. The topological polar surface area (TPSA) is 40.5 Å². The van der Waals surface area contributed by atoms with E-state index in [9.17, 15) is 4.79 Å². The number of benzene rings is 1. The first-order valence-electron chi connectivity index (χ1n) is 4.90. The lowest BCUT2D eigenvalue weighted by atomic mass is 10.2. The molecule has 3 nitrogen and oxygen atoms in total. The van der Waals surface area contributed by atoms with Crippen molar-refractivity contribution in [2.45, 2.75) is 6.42 Å². The number of terminal acetylenes is 1. The van der Waals surface area contributed by atoms with Gasteiger partial charge in [-0.2, -0.15) is 0 Å². The lowest BCUT2D eigenvalue weighted by Crippen LogP contribution is -2.26. The molecule has 0 aliphatic heterocycles. The van der Waals surface area contributed by atoms with Crippen molar-refractivity contribution >= 4 is 34.9 Å². The molecule has 1 rings (SSSR count). The van der Waals surface area contributed by atoms with E-state index in [1.165, 1.54) is 0 Å². The predicted molar refractivity (Wildman–Crippen MR) is 69.8 cm³/mol. The van der Waals surface area contributed by atoms with Gasteiger partial charge in [-0.1, -0.05) is 29.1 Å². The number of hydrogen-bond acceptors (Lipinski definition) is 2. The monoisotopic (exact) mass is 271 g/mol. The van der Waals surface area contributed by atoms with Crippen LogP contribution in [0.1, 0.15) is 6.42 Å². The van der Waals surface area contributed by atoms with Gasteiger partial charge in [0.05, 0.1) is 23.0 Å². The van der Waals surface area contributed by atoms with Gasteiger partial charge in [0.2, 0.25) is 0 Å². The molecule has 0 spiro atoms. The molecule has 1 aromatic rings. The van der Waals surface area contributed by atoms with E-state index < -0.39 is 5.97 Å². The Morgan fingerprint density at radius 1 is 1.41 bits per heavy atom. The number of rotatable bonds is 5. The van der Waals surface area contributed by atoms with Gasteiger partial charge >= 0.3 is 5.97 Å². The van der Waals surface area contributed by atoms with Gasteiger partial charge in [-0.15, -0.1) is 6.42 Å². The van der Waals surface area contributed by atoms with Crippen molar-refractivity contribution in [3.05, 3.63) is 28.2 Å². The number of aliphatic carboxylic acids is 1. The minimum atomic E-state index is -0.868. The molecule has 0 bridgehead atoms. The zero-order valence-corrected chi connectivity index (χ0v) is 10.5. The zero-order valence-electron chi connectivity index (χ0n) is 8.99. The molecule has 0 saturated carbocycles. The number of hydrogen-bond donors (Lipinski definition) is 1. The van der Waals surface area contributed by atoms with Gasteiger partial charge in [0, 0.05) is 12.2 Å². The lowest BCUT2D eigenvalue weighted by molar-refractivity contribution is -0.136. The van der Waals surface area contributed by atoms with E-state index in [1.807, 2.05) is 0 Å². The third-order valence-corrected chi connectivity index (χ3v) is 2.89. The summed E-state index contributed by atoms with van der Waals surface area (Å²) in [6, 6.07) is 5.08. The zero-order chi connectivity index (χ0) is 12.8. The molecule has 0 heterocycles. The van der Waals surface area contributed by atoms with Gasteiger partial charge in [-0.3, -0.25) is 4.79 Å². The van der Waals surface area contributed by atoms with Crippen LogP contribution in [-0.2, 0) is 4.79 Å². The lowest BCUT2D eigenvalue weighted by Gasteiger charge is -2.21. The molecule has 0 radical (unpaired) electrons. The molecule has 0 saturated heterocycles. The molecular formula is C12H11Cl2NO2. The minimum absolute atomic E-state index is 0.0158. The van der Waals surface area contributed by atoms with E-state index >= 15 is 0 Å². The largest absolute Gasteiger partial charge is 0.481 e. The standard InChI is InChI=1S/C12H11Cl2NO2/c1-2-6-15(7-5-12(16)17)9-3-4-10(13)11(14)8-9/h1,3-4,8H,5-7H2,(H,16,17). The predicted octanol–water partition coefficient (Wildman–Crippen LogP) is 2.91. The molecular weight excluding hydrogens is 261 g/mol. The van der Waals surface area contributed by atoms with Crippen LogP contribution in [-0.4, -0.2) is 24.2 Å². The Morgan fingerprint density at radius 2 is 2.12 bits per heavy atom. The number of halogens is 2. The van der Waals surface area contributed by atoms with E-state index in [2.05, 4.69) is 5.92 Å². The molecule has 1 aromatic carbocycles. The second-order valence-corrected chi connectivity index (χ2v) is 4.18. The number of carbonyl (C=O) groups is 1. The summed E-state index contributed by atoms with van der Waals surface area (Å²) in [5, 5.41) is 9.52. The molecule has 0 aliphatic carbocycles. The maximum Gasteiger partial charge on any atom is 0.305 e. The molecule has 0 atom stereocenters. The third-order valence-electron chi connectivity index (χ3n) is 2.15. The fraction of sp³-hybridized carbons (Fsp3) is 0.250. The highest BCUT2D eigenvalue weighted by atomic mass is 35.5. The van der Waals surface area contributed by atoms with E-state index in [1.54, 1.807) is 23.1 Å². The van der Waals surface area contributed by atoms with Gasteiger partial charge in [-0.25, -0.2) is 0 Å². The summed E-state index contributed by atoms with van der Waals surface area (Å²) in [6.45, 7) is 0.655. The molecule has 90 valence electrons. The highest BCUT2D eigenvalue weighted by molar-refractivity contribution is 6.42. The van der Waals surface area contributed by atoms with Crippen molar-refractivity contribution in [1.29, 1.82) is 0 Å². The maximum atomic E-state index is 10.5. The van der Waals surface area contributed by atoms with Crippen LogP contribution in [0.25, 0.3) is 0 Å². The van der Waals surface area contributed by atoms with Crippen LogP contribution in [0.3, 0.4) is 0 Å². The summed E-state index contributed by atoms with van der Waals surface area (Å²) >= 11 is 11.7. The summed E-state index contributed by atoms with van der Waals surface area (Å²) < 4.78 is 0. The number of carboxylic acids is 1. The Morgan fingerprint density at radius 3 is 2.65 bits per heavy atom. The van der Waals surface area contributed by atoms with Gasteiger partial charge in [0.15, 0.2) is 0 Å². The summed E-state index contributed by atoms with van der Waals surface area (Å²) in [5.74, 6) is 1.61. The minimum Gasteiger partial charge on any atom is -0.481 e. The highest BCUT2D eigenvalue weighted by Gasteiger charge is 2.09. The van der Waals surface area contributed by atoms with Crippen molar-refractivity contribution in [3.8, 4) is 12.3 Å². The molecule has 0 fully saturated rings. The van der Waals surface area contributed by atoms with E-state index in [-0.39, 0.29) is 6.42 Å². The Bertz CT molecular complexity index is 454. The highest BCUT2D eigenvalue weighted by Crippen LogP contribution is 2.27. The van der Waals surface area contributed by atoms with Crippen molar-refractivity contribution in [2.24, 2.45) is 0 Å². The van der Waals surface area contributed by atoms with Gasteiger partial charge in [0.1, 0.15) is 0 Å². The number of nitrogens with zero attached hydrogens (tertiary/aromatic N) is 1. The normalized spacial score (nSPS) is 9.71. The van der Waals surface area contributed by atoms with E-state index in [4.69, 9.17) is 34.7 Å². The Kier molecular flexibility index (Phi) is 5.14. The van der Waals surface area contributed by atoms with Crippen LogP contribution in [0.4, 0.5) is 5.69 Å². The van der Waals surface area contributed by atoms with E-state index in [0.717, 1.165) is 5.69 Å². The quantitative estimate of drug-likeness (QED) is 0.838. The number of anilines is 1. The Labute approximate surface area is 110 Å². The van der Waals surface area contributed by atoms with Crippen molar-refractivity contribution < 1.29 is 9.90 Å². The molecule has 0 aromatic heterocycles. The van der Waals surface area contributed by atoms with Crippen LogP contribution in [0.2, 0.25) is 10.0 Å².